The van der Waals surface area contributed by atoms with Crippen LogP contribution in [0.4, 0.5) is 4.79 Å². The number of carbonyl (C=O) groups excluding carboxylic acids is 3. The fourth-order valence-corrected chi connectivity index (χ4v) is 3.69. The molecule has 27 heavy (non-hydrogen) atoms. The predicted octanol–water partition coefficient (Wildman–Crippen LogP) is 1.76. The van der Waals surface area contributed by atoms with Crippen LogP contribution in [0.15, 0.2) is 42.5 Å². The average Bonchev–Trinajstić information content (AvgIpc) is 2.70. The second kappa shape index (κ2) is 6.90. The van der Waals surface area contributed by atoms with E-state index in [1.807, 2.05) is 43.3 Å². The lowest BCUT2D eigenvalue weighted by molar-refractivity contribution is -0.152. The van der Waals surface area contributed by atoms with Gasteiger partial charge in [-0.15, -0.1) is 0 Å². The van der Waals surface area contributed by atoms with Gasteiger partial charge >= 0.3 is 6.09 Å². The van der Waals surface area contributed by atoms with Crippen LogP contribution in [0.1, 0.15) is 13.3 Å². The number of ether oxygens (including phenoxy) is 1. The van der Waals surface area contributed by atoms with Crippen molar-refractivity contribution in [1.82, 2.24) is 15.1 Å². The van der Waals surface area contributed by atoms with E-state index in [0.29, 0.717) is 25.3 Å². The first-order valence-corrected chi connectivity index (χ1v) is 9.14. The maximum atomic E-state index is 12.7. The summed E-state index contributed by atoms with van der Waals surface area (Å²) in [4.78, 5) is 40.5. The van der Waals surface area contributed by atoms with E-state index in [1.54, 1.807) is 11.0 Å². The van der Waals surface area contributed by atoms with Crippen molar-refractivity contribution >= 4 is 28.7 Å². The zero-order chi connectivity index (χ0) is 19.0. The molecular weight excluding hydrogens is 346 g/mol. The zero-order valence-corrected chi connectivity index (χ0v) is 15.1. The van der Waals surface area contributed by atoms with E-state index in [-0.39, 0.29) is 18.4 Å². The molecule has 2 heterocycles. The van der Waals surface area contributed by atoms with Gasteiger partial charge in [0, 0.05) is 18.5 Å². The summed E-state index contributed by atoms with van der Waals surface area (Å²) in [5, 5.41) is 4.57. The maximum absolute atomic E-state index is 12.7. The Balaban J connectivity index is 1.49. The molecule has 2 aromatic carbocycles. The predicted molar refractivity (Wildman–Crippen MR) is 99.3 cm³/mol. The van der Waals surface area contributed by atoms with Crippen LogP contribution < -0.4 is 10.1 Å². The highest BCUT2D eigenvalue weighted by atomic mass is 16.6. The van der Waals surface area contributed by atoms with E-state index >= 15 is 0 Å². The molecule has 0 radical (unpaired) electrons. The van der Waals surface area contributed by atoms with E-state index in [0.717, 1.165) is 10.8 Å². The van der Waals surface area contributed by atoms with E-state index in [4.69, 9.17) is 4.74 Å². The van der Waals surface area contributed by atoms with E-state index < -0.39 is 18.2 Å². The monoisotopic (exact) mass is 367 g/mol. The highest BCUT2D eigenvalue weighted by Crippen LogP contribution is 2.26. The first kappa shape index (κ1) is 17.3. The lowest BCUT2D eigenvalue weighted by atomic mass is 10.0. The van der Waals surface area contributed by atoms with Crippen molar-refractivity contribution in [3.05, 3.63) is 42.5 Å². The molecule has 2 aromatic rings. The van der Waals surface area contributed by atoms with Crippen molar-refractivity contribution in [3.8, 4) is 5.75 Å². The van der Waals surface area contributed by atoms with Crippen molar-refractivity contribution in [2.75, 3.05) is 19.6 Å². The smallest absolute Gasteiger partial charge is 0.410 e. The first-order valence-electron chi connectivity index (χ1n) is 9.14. The minimum atomic E-state index is -0.658. The third-order valence-electron chi connectivity index (χ3n) is 5.19. The number of hydrogen-bond acceptors (Lipinski definition) is 4. The van der Waals surface area contributed by atoms with Gasteiger partial charge in [-0.05, 0) is 17.9 Å². The topological polar surface area (TPSA) is 79.0 Å². The van der Waals surface area contributed by atoms with Crippen LogP contribution in [0.25, 0.3) is 10.8 Å². The largest absolute Gasteiger partial charge is 0.415 e. The lowest BCUT2D eigenvalue weighted by Crippen LogP contribution is -2.69. The number of carbonyl (C=O) groups is 3. The van der Waals surface area contributed by atoms with Crippen molar-refractivity contribution < 1.29 is 19.1 Å². The number of rotatable bonds is 2. The molecule has 0 saturated carbocycles. The zero-order valence-electron chi connectivity index (χ0n) is 15.1. The number of nitrogens with one attached hydrogen (secondary N) is 1. The van der Waals surface area contributed by atoms with E-state index in [2.05, 4.69) is 5.32 Å². The summed E-state index contributed by atoms with van der Waals surface area (Å²) < 4.78 is 5.60. The molecule has 0 bridgehead atoms. The fourth-order valence-electron chi connectivity index (χ4n) is 3.69. The van der Waals surface area contributed by atoms with Gasteiger partial charge < -0.3 is 19.9 Å². The standard InChI is InChI=1S/C20H21N3O4/c1-2-15-19(25)23-11-10-22(12-16(23)18(24)21-15)20(26)27-17-9-5-7-13-6-3-4-8-14(13)17/h3-9,15-16H,2,10-12H2,1H3,(H,21,24)/t15-,16+/m0/s1. The SMILES string of the molecule is CC[C@@H]1NC(=O)[C@H]2CN(C(=O)Oc3cccc4ccccc34)CCN2C1=O. The number of nitrogens with zero attached hydrogens (tertiary/aromatic N) is 2. The van der Waals surface area contributed by atoms with Gasteiger partial charge in [0.05, 0.1) is 6.54 Å². The third-order valence-corrected chi connectivity index (χ3v) is 5.19. The number of hydrogen-bond donors (Lipinski definition) is 1. The van der Waals surface area contributed by atoms with Crippen LogP contribution >= 0.6 is 0 Å². The Morgan fingerprint density at radius 1 is 1.15 bits per heavy atom. The molecular formula is C20H21N3O4. The Kier molecular flexibility index (Phi) is 4.43. The molecule has 0 unspecified atom stereocenters. The van der Waals surface area contributed by atoms with Gasteiger partial charge in [-0.1, -0.05) is 43.3 Å². The summed E-state index contributed by atoms with van der Waals surface area (Å²) in [5.41, 5.74) is 0. The Labute approximate surface area is 156 Å². The van der Waals surface area contributed by atoms with Crippen molar-refractivity contribution in [2.45, 2.75) is 25.4 Å². The second-order valence-electron chi connectivity index (χ2n) is 6.81. The Morgan fingerprint density at radius 2 is 1.93 bits per heavy atom. The van der Waals surface area contributed by atoms with Crippen molar-refractivity contribution in [2.24, 2.45) is 0 Å². The summed E-state index contributed by atoms with van der Waals surface area (Å²) in [6.07, 6.45) is 0.0459. The summed E-state index contributed by atoms with van der Waals surface area (Å²) in [7, 11) is 0. The van der Waals surface area contributed by atoms with Gasteiger partial charge in [0.25, 0.3) is 0 Å². The average molecular weight is 367 g/mol. The maximum Gasteiger partial charge on any atom is 0.415 e. The molecule has 140 valence electrons. The minimum absolute atomic E-state index is 0.0795. The highest BCUT2D eigenvalue weighted by Gasteiger charge is 2.44. The molecule has 7 nitrogen and oxygen atoms in total. The Bertz CT molecular complexity index is 908. The molecule has 0 aromatic heterocycles. The van der Waals surface area contributed by atoms with Crippen LogP contribution in [-0.4, -0.2) is 59.4 Å². The Hall–Kier alpha value is -3.09. The number of fused-ring (bicyclic) bond motifs is 2. The van der Waals surface area contributed by atoms with Gasteiger partial charge in [-0.3, -0.25) is 9.59 Å². The quantitative estimate of drug-likeness (QED) is 0.877. The molecule has 2 fully saturated rings. The normalized spacial score (nSPS) is 22.4. The molecule has 2 atom stereocenters. The Morgan fingerprint density at radius 3 is 2.74 bits per heavy atom. The summed E-state index contributed by atoms with van der Waals surface area (Å²) in [5.74, 6) is 0.184. The van der Waals surface area contributed by atoms with E-state index in [9.17, 15) is 14.4 Å². The molecule has 1 N–H and O–H groups in total. The van der Waals surface area contributed by atoms with Gasteiger partial charge in [0.15, 0.2) is 0 Å². The van der Waals surface area contributed by atoms with Crippen molar-refractivity contribution in [3.63, 3.8) is 0 Å². The van der Waals surface area contributed by atoms with Crippen molar-refractivity contribution in [1.29, 1.82) is 0 Å². The van der Waals surface area contributed by atoms with Crippen LogP contribution in [0.2, 0.25) is 0 Å². The number of benzene rings is 2. The van der Waals surface area contributed by atoms with Gasteiger partial charge in [0.2, 0.25) is 11.8 Å². The third kappa shape index (κ3) is 3.09. The molecule has 2 saturated heterocycles. The highest BCUT2D eigenvalue weighted by molar-refractivity contribution is 5.97. The molecule has 4 rings (SSSR count). The number of amides is 3. The summed E-state index contributed by atoms with van der Waals surface area (Å²) in [6.45, 7) is 2.67. The van der Waals surface area contributed by atoms with Crippen LogP contribution in [-0.2, 0) is 9.59 Å². The van der Waals surface area contributed by atoms with Crippen LogP contribution in [0, 0.1) is 0 Å². The number of piperazine rings is 2. The van der Waals surface area contributed by atoms with Crippen LogP contribution in [0.5, 0.6) is 5.75 Å². The second-order valence-corrected chi connectivity index (χ2v) is 6.81. The van der Waals surface area contributed by atoms with Crippen LogP contribution in [0.3, 0.4) is 0 Å². The molecule has 2 aliphatic heterocycles. The lowest BCUT2D eigenvalue weighted by Gasteiger charge is -2.44. The van der Waals surface area contributed by atoms with E-state index in [1.165, 1.54) is 4.90 Å². The minimum Gasteiger partial charge on any atom is -0.410 e. The first-order chi connectivity index (χ1) is 13.1. The molecule has 7 heteroatoms. The summed E-state index contributed by atoms with van der Waals surface area (Å²) in [6, 6.07) is 12.1. The molecule has 0 spiro atoms. The molecule has 2 aliphatic rings. The summed E-state index contributed by atoms with van der Waals surface area (Å²) >= 11 is 0. The van der Waals surface area contributed by atoms with Gasteiger partial charge in [-0.2, -0.15) is 0 Å². The molecule has 3 amide bonds. The molecule has 0 aliphatic carbocycles. The van der Waals surface area contributed by atoms with Gasteiger partial charge in [0.1, 0.15) is 17.8 Å². The fraction of sp³-hybridized carbons (Fsp3) is 0.350. The van der Waals surface area contributed by atoms with Gasteiger partial charge in [-0.25, -0.2) is 4.79 Å².